The van der Waals surface area contributed by atoms with Crippen LogP contribution < -0.4 is 5.32 Å². The van der Waals surface area contributed by atoms with Crippen LogP contribution in [0.3, 0.4) is 0 Å². The van der Waals surface area contributed by atoms with Gasteiger partial charge in [-0.15, -0.1) is 0 Å². The molecule has 1 rings (SSSR count). The molecule has 1 unspecified atom stereocenters. The van der Waals surface area contributed by atoms with E-state index in [9.17, 15) is 4.79 Å². The fourth-order valence-corrected chi connectivity index (χ4v) is 2.04. The number of nitrogens with one attached hydrogen (secondary N) is 1. The summed E-state index contributed by atoms with van der Waals surface area (Å²) in [4.78, 5) is 13.9. The lowest BCUT2D eigenvalue weighted by molar-refractivity contribution is -0.131. The maximum Gasteiger partial charge on any atom is 0.239 e. The highest BCUT2D eigenvalue weighted by Gasteiger charge is 2.22. The van der Waals surface area contributed by atoms with Crippen molar-refractivity contribution in [3.8, 4) is 0 Å². The summed E-state index contributed by atoms with van der Waals surface area (Å²) < 4.78 is 10.2. The highest BCUT2D eigenvalue weighted by atomic mass is 16.5. The van der Waals surface area contributed by atoms with Gasteiger partial charge in [0.15, 0.2) is 0 Å². The molecule has 18 heavy (non-hydrogen) atoms. The largest absolute Gasteiger partial charge is 0.382 e. The van der Waals surface area contributed by atoms with Gasteiger partial charge in [-0.2, -0.15) is 0 Å². The van der Waals surface area contributed by atoms with Gasteiger partial charge >= 0.3 is 0 Å². The van der Waals surface area contributed by atoms with Crippen molar-refractivity contribution in [3.05, 3.63) is 0 Å². The molecule has 1 fully saturated rings. The number of rotatable bonds is 9. The lowest BCUT2D eigenvalue weighted by Gasteiger charge is -2.21. The van der Waals surface area contributed by atoms with Crippen molar-refractivity contribution in [3.63, 3.8) is 0 Å². The summed E-state index contributed by atoms with van der Waals surface area (Å²) in [6, 6.07) is -0.0814. The molecule has 1 amide bonds. The maximum atomic E-state index is 12.0. The summed E-state index contributed by atoms with van der Waals surface area (Å²) in [6.07, 6.45) is 3.21. The quantitative estimate of drug-likeness (QED) is 0.617. The Balaban J connectivity index is 1.99. The SMILES string of the molecule is COCCOCCCNC(C)C(=O)N1CCCC1. The smallest absolute Gasteiger partial charge is 0.239 e. The van der Waals surface area contributed by atoms with Crippen LogP contribution in [0.5, 0.6) is 0 Å². The van der Waals surface area contributed by atoms with Crippen LogP contribution in [0, 0.1) is 0 Å². The zero-order valence-electron chi connectivity index (χ0n) is 11.6. The van der Waals surface area contributed by atoms with Crippen LogP contribution in [0.2, 0.25) is 0 Å². The summed E-state index contributed by atoms with van der Waals surface area (Å²) in [6.45, 7) is 6.58. The zero-order chi connectivity index (χ0) is 13.2. The van der Waals surface area contributed by atoms with E-state index in [4.69, 9.17) is 9.47 Å². The van der Waals surface area contributed by atoms with Gasteiger partial charge < -0.3 is 19.7 Å². The number of methoxy groups -OCH3 is 1. The predicted molar refractivity (Wildman–Crippen MR) is 70.6 cm³/mol. The van der Waals surface area contributed by atoms with Crippen molar-refractivity contribution in [2.75, 3.05) is 46.6 Å². The Morgan fingerprint density at radius 1 is 1.28 bits per heavy atom. The Bertz CT molecular complexity index is 230. The van der Waals surface area contributed by atoms with Crippen LogP contribution in [-0.4, -0.2) is 63.4 Å². The third-order valence-corrected chi connectivity index (χ3v) is 3.14. The highest BCUT2D eigenvalue weighted by Crippen LogP contribution is 2.08. The molecule has 5 heteroatoms. The van der Waals surface area contributed by atoms with Gasteiger partial charge in [-0.3, -0.25) is 4.79 Å². The number of ether oxygens (including phenoxy) is 2. The fraction of sp³-hybridized carbons (Fsp3) is 0.923. The number of likely N-dealkylation sites (tertiary alicyclic amines) is 1. The van der Waals surface area contributed by atoms with Crippen molar-refractivity contribution in [1.29, 1.82) is 0 Å². The highest BCUT2D eigenvalue weighted by molar-refractivity contribution is 5.81. The molecule has 0 radical (unpaired) electrons. The van der Waals surface area contributed by atoms with E-state index in [0.717, 1.165) is 38.9 Å². The van der Waals surface area contributed by atoms with Gasteiger partial charge in [-0.05, 0) is 32.7 Å². The molecular formula is C13H26N2O3. The molecule has 0 aromatic heterocycles. The van der Waals surface area contributed by atoms with Crippen molar-refractivity contribution >= 4 is 5.91 Å². The Labute approximate surface area is 110 Å². The fourth-order valence-electron chi connectivity index (χ4n) is 2.04. The molecule has 1 aliphatic heterocycles. The van der Waals surface area contributed by atoms with E-state index >= 15 is 0 Å². The van der Waals surface area contributed by atoms with Crippen LogP contribution in [-0.2, 0) is 14.3 Å². The number of carbonyl (C=O) groups is 1. The van der Waals surface area contributed by atoms with Gasteiger partial charge in [0.2, 0.25) is 5.91 Å². The Morgan fingerprint density at radius 2 is 2.00 bits per heavy atom. The third kappa shape index (κ3) is 5.80. The van der Waals surface area contributed by atoms with E-state index in [0.29, 0.717) is 19.8 Å². The second kappa shape index (κ2) is 9.30. The number of amides is 1. The van der Waals surface area contributed by atoms with Gasteiger partial charge in [0.1, 0.15) is 0 Å². The van der Waals surface area contributed by atoms with Crippen molar-refractivity contribution in [2.45, 2.75) is 32.2 Å². The predicted octanol–water partition coefficient (Wildman–Crippen LogP) is 0.640. The maximum absolute atomic E-state index is 12.0. The normalized spacial score (nSPS) is 17.1. The molecule has 0 bridgehead atoms. The van der Waals surface area contributed by atoms with Crippen molar-refractivity contribution < 1.29 is 14.3 Å². The molecule has 0 aromatic rings. The van der Waals surface area contributed by atoms with E-state index in [-0.39, 0.29) is 11.9 Å². The minimum absolute atomic E-state index is 0.0814. The minimum Gasteiger partial charge on any atom is -0.382 e. The molecule has 0 saturated carbocycles. The molecule has 1 aliphatic rings. The molecule has 0 aliphatic carbocycles. The first-order chi connectivity index (χ1) is 8.75. The van der Waals surface area contributed by atoms with Crippen LogP contribution >= 0.6 is 0 Å². The average molecular weight is 258 g/mol. The van der Waals surface area contributed by atoms with Crippen molar-refractivity contribution in [2.24, 2.45) is 0 Å². The molecule has 5 nitrogen and oxygen atoms in total. The molecule has 106 valence electrons. The first kappa shape index (κ1) is 15.4. The second-order valence-corrected chi connectivity index (χ2v) is 4.67. The van der Waals surface area contributed by atoms with E-state index in [1.54, 1.807) is 7.11 Å². The van der Waals surface area contributed by atoms with Gasteiger partial charge in [-0.1, -0.05) is 0 Å². The monoisotopic (exact) mass is 258 g/mol. The molecular weight excluding hydrogens is 232 g/mol. The molecule has 1 saturated heterocycles. The first-order valence-corrected chi connectivity index (χ1v) is 6.84. The molecule has 1 N–H and O–H groups in total. The minimum atomic E-state index is -0.0814. The molecule has 1 atom stereocenters. The van der Waals surface area contributed by atoms with Gasteiger partial charge in [-0.25, -0.2) is 0 Å². The van der Waals surface area contributed by atoms with Crippen molar-refractivity contribution in [1.82, 2.24) is 10.2 Å². The van der Waals surface area contributed by atoms with Gasteiger partial charge in [0.25, 0.3) is 0 Å². The second-order valence-electron chi connectivity index (χ2n) is 4.67. The van der Waals surface area contributed by atoms with Crippen LogP contribution in [0.15, 0.2) is 0 Å². The van der Waals surface area contributed by atoms with Crippen LogP contribution in [0.1, 0.15) is 26.2 Å². The lowest BCUT2D eigenvalue weighted by Crippen LogP contribution is -2.44. The van der Waals surface area contributed by atoms with E-state index < -0.39 is 0 Å². The summed E-state index contributed by atoms with van der Waals surface area (Å²) in [5.74, 6) is 0.229. The standard InChI is InChI=1S/C13H26N2O3/c1-12(13(16)15-7-3-4-8-15)14-6-5-9-18-11-10-17-2/h12,14H,3-11H2,1-2H3. The lowest BCUT2D eigenvalue weighted by atomic mass is 10.3. The van der Waals surface area contributed by atoms with Crippen LogP contribution in [0.25, 0.3) is 0 Å². The van der Waals surface area contributed by atoms with Crippen LogP contribution in [0.4, 0.5) is 0 Å². The third-order valence-electron chi connectivity index (χ3n) is 3.14. The van der Waals surface area contributed by atoms with E-state index in [2.05, 4.69) is 5.32 Å². The Morgan fingerprint density at radius 3 is 2.67 bits per heavy atom. The summed E-state index contributed by atoms with van der Waals surface area (Å²) in [5.41, 5.74) is 0. The first-order valence-electron chi connectivity index (χ1n) is 6.84. The number of hydrogen-bond donors (Lipinski definition) is 1. The topological polar surface area (TPSA) is 50.8 Å². The van der Waals surface area contributed by atoms with Gasteiger partial charge in [0.05, 0.1) is 19.3 Å². The number of hydrogen-bond acceptors (Lipinski definition) is 4. The molecule has 1 heterocycles. The van der Waals surface area contributed by atoms with E-state index in [1.807, 2.05) is 11.8 Å². The molecule has 0 spiro atoms. The summed E-state index contributed by atoms with van der Waals surface area (Å²) in [5, 5.41) is 3.25. The summed E-state index contributed by atoms with van der Waals surface area (Å²) >= 11 is 0. The van der Waals surface area contributed by atoms with Gasteiger partial charge in [0, 0.05) is 26.8 Å². The number of carbonyl (C=O) groups excluding carboxylic acids is 1. The number of nitrogens with zero attached hydrogens (tertiary/aromatic N) is 1. The zero-order valence-corrected chi connectivity index (χ0v) is 11.6. The van der Waals surface area contributed by atoms with E-state index in [1.165, 1.54) is 0 Å². The molecule has 0 aromatic carbocycles. The Hall–Kier alpha value is -0.650. The average Bonchev–Trinajstić information content (AvgIpc) is 2.90. The Kier molecular flexibility index (Phi) is 7.96. The summed E-state index contributed by atoms with van der Waals surface area (Å²) in [7, 11) is 1.66.